The molecule has 2 aromatic heterocycles. The highest BCUT2D eigenvalue weighted by Gasteiger charge is 2.03. The highest BCUT2D eigenvalue weighted by atomic mass is 15.4. The number of rotatable bonds is 1. The Bertz CT molecular complexity index is 405. The lowest BCUT2D eigenvalue weighted by Crippen LogP contribution is -2.13. The highest BCUT2D eigenvalue weighted by molar-refractivity contribution is 5.52. The monoisotopic (exact) mass is 164 g/mol. The maximum atomic E-state index is 5.22. The number of nitrogen functional groups attached to an aromatic ring is 1. The number of anilines is 1. The van der Waals surface area contributed by atoms with Crippen molar-refractivity contribution in [3.05, 3.63) is 18.2 Å². The minimum absolute atomic E-state index is 0.480. The van der Waals surface area contributed by atoms with E-state index >= 15 is 0 Å². The number of hydrogen-bond acceptors (Lipinski definition) is 5. The van der Waals surface area contributed by atoms with E-state index in [9.17, 15) is 0 Å². The van der Waals surface area contributed by atoms with E-state index in [1.165, 1.54) is 0 Å². The van der Waals surface area contributed by atoms with Crippen LogP contribution in [0.3, 0.4) is 0 Å². The van der Waals surface area contributed by atoms with E-state index in [-0.39, 0.29) is 0 Å². The first-order chi connectivity index (χ1) is 5.83. The molecule has 0 spiro atoms. The zero-order chi connectivity index (χ0) is 8.55. The summed E-state index contributed by atoms with van der Waals surface area (Å²) in [4.78, 5) is 4.09. The molecule has 0 saturated heterocycles. The van der Waals surface area contributed by atoms with Crippen molar-refractivity contribution in [3.63, 3.8) is 0 Å². The molecule has 2 aromatic rings. The van der Waals surface area contributed by atoms with Crippen molar-refractivity contribution in [2.45, 2.75) is 6.92 Å². The Morgan fingerprint density at radius 1 is 1.58 bits per heavy atom. The van der Waals surface area contributed by atoms with Gasteiger partial charge in [0.05, 0.1) is 17.4 Å². The van der Waals surface area contributed by atoms with Crippen LogP contribution in [0, 0.1) is 6.92 Å². The van der Waals surface area contributed by atoms with Crippen molar-refractivity contribution in [3.8, 4) is 0 Å². The maximum absolute atomic E-state index is 5.22. The summed E-state index contributed by atoms with van der Waals surface area (Å²) >= 11 is 0. The van der Waals surface area contributed by atoms with Crippen LogP contribution in [0.25, 0.3) is 5.52 Å². The summed E-state index contributed by atoms with van der Waals surface area (Å²) < 4.78 is 1.74. The van der Waals surface area contributed by atoms with E-state index in [4.69, 9.17) is 5.84 Å². The summed E-state index contributed by atoms with van der Waals surface area (Å²) in [5.74, 6) is 5.70. The zero-order valence-electron chi connectivity index (χ0n) is 6.52. The third kappa shape index (κ3) is 0.817. The van der Waals surface area contributed by atoms with E-state index in [1.807, 2.05) is 6.92 Å². The van der Waals surface area contributed by atoms with Gasteiger partial charge in [0.2, 0.25) is 5.95 Å². The first-order valence-electron chi connectivity index (χ1n) is 3.45. The smallest absolute Gasteiger partial charge is 0.243 e. The van der Waals surface area contributed by atoms with Crippen molar-refractivity contribution in [2.24, 2.45) is 5.84 Å². The molecule has 6 nitrogen and oxygen atoms in total. The largest absolute Gasteiger partial charge is 0.292 e. The van der Waals surface area contributed by atoms with Gasteiger partial charge in [-0.1, -0.05) is 0 Å². The molecule has 62 valence electrons. The summed E-state index contributed by atoms with van der Waals surface area (Å²) in [6.07, 6.45) is 3.29. The molecule has 0 unspecified atom stereocenters. The molecule has 0 aliphatic carbocycles. The van der Waals surface area contributed by atoms with Crippen LogP contribution in [0.5, 0.6) is 0 Å². The lowest BCUT2D eigenvalue weighted by atomic mass is 10.4. The van der Waals surface area contributed by atoms with Crippen molar-refractivity contribution in [2.75, 3.05) is 5.43 Å². The van der Waals surface area contributed by atoms with Crippen LogP contribution in [0.15, 0.2) is 12.5 Å². The van der Waals surface area contributed by atoms with Gasteiger partial charge < -0.3 is 0 Å². The van der Waals surface area contributed by atoms with Crippen molar-refractivity contribution < 1.29 is 0 Å². The summed E-state index contributed by atoms with van der Waals surface area (Å²) in [6.45, 7) is 1.90. The van der Waals surface area contributed by atoms with Crippen LogP contribution in [-0.2, 0) is 0 Å². The molecule has 3 N–H and O–H groups in total. The molecule has 0 fully saturated rings. The topological polar surface area (TPSA) is 81.1 Å². The molecule has 0 atom stereocenters. The number of fused-ring (bicyclic) bond motifs is 1. The van der Waals surface area contributed by atoms with Gasteiger partial charge in [-0.15, -0.1) is 5.10 Å². The fourth-order valence-corrected chi connectivity index (χ4v) is 1.06. The Morgan fingerprint density at radius 2 is 2.42 bits per heavy atom. The van der Waals surface area contributed by atoms with E-state index in [0.717, 1.165) is 11.2 Å². The molecule has 0 aliphatic heterocycles. The molecule has 0 saturated carbocycles. The molecule has 6 heteroatoms. The van der Waals surface area contributed by atoms with Crippen LogP contribution in [-0.4, -0.2) is 19.6 Å². The first kappa shape index (κ1) is 6.99. The van der Waals surface area contributed by atoms with Crippen LogP contribution >= 0.6 is 0 Å². The summed E-state index contributed by atoms with van der Waals surface area (Å²) in [5.41, 5.74) is 4.24. The van der Waals surface area contributed by atoms with E-state index in [2.05, 4.69) is 20.6 Å². The molecule has 2 rings (SSSR count). The molecule has 0 radical (unpaired) electrons. The maximum Gasteiger partial charge on any atom is 0.243 e. The molecule has 2 heterocycles. The van der Waals surface area contributed by atoms with Crippen LogP contribution in [0.1, 0.15) is 5.69 Å². The Kier molecular flexibility index (Phi) is 1.41. The van der Waals surface area contributed by atoms with Gasteiger partial charge in [0.1, 0.15) is 6.33 Å². The second-order valence-corrected chi connectivity index (χ2v) is 2.40. The van der Waals surface area contributed by atoms with E-state index < -0.39 is 0 Å². The number of aromatic nitrogens is 4. The first-order valence-corrected chi connectivity index (χ1v) is 3.45. The minimum Gasteiger partial charge on any atom is -0.292 e. The van der Waals surface area contributed by atoms with E-state index in [0.29, 0.717) is 5.95 Å². The SMILES string of the molecule is Cc1ncn2c(NN)nncc12. The van der Waals surface area contributed by atoms with Crippen LogP contribution < -0.4 is 11.3 Å². The molecule has 0 amide bonds. The lowest BCUT2D eigenvalue weighted by Gasteiger charge is -1.99. The molecule has 0 bridgehead atoms. The van der Waals surface area contributed by atoms with Crippen LogP contribution in [0.2, 0.25) is 0 Å². The summed E-state index contributed by atoms with van der Waals surface area (Å²) in [5, 5.41) is 7.54. The van der Waals surface area contributed by atoms with Gasteiger partial charge in [-0.3, -0.25) is 9.83 Å². The molecular weight excluding hydrogens is 156 g/mol. The third-order valence-corrected chi connectivity index (χ3v) is 1.69. The summed E-state index contributed by atoms with van der Waals surface area (Å²) in [7, 11) is 0. The van der Waals surface area contributed by atoms with Gasteiger partial charge in [-0.2, -0.15) is 5.10 Å². The van der Waals surface area contributed by atoms with E-state index in [1.54, 1.807) is 16.9 Å². The molecule has 0 aromatic carbocycles. The Morgan fingerprint density at radius 3 is 3.17 bits per heavy atom. The average Bonchev–Trinajstić information content (AvgIpc) is 2.48. The molecule has 12 heavy (non-hydrogen) atoms. The number of hydrogen-bond donors (Lipinski definition) is 2. The van der Waals surface area contributed by atoms with Gasteiger partial charge in [0, 0.05) is 0 Å². The second-order valence-electron chi connectivity index (χ2n) is 2.40. The predicted octanol–water partition coefficient (Wildman–Crippen LogP) is -0.282. The third-order valence-electron chi connectivity index (χ3n) is 1.69. The fraction of sp³-hybridized carbons (Fsp3) is 0.167. The number of nitrogens with zero attached hydrogens (tertiary/aromatic N) is 4. The highest BCUT2D eigenvalue weighted by Crippen LogP contribution is 2.09. The number of aryl methyl sites for hydroxylation is 1. The van der Waals surface area contributed by atoms with Gasteiger partial charge in [0.15, 0.2) is 0 Å². The molecular formula is C6H8N6. The normalized spacial score (nSPS) is 10.5. The average molecular weight is 164 g/mol. The lowest BCUT2D eigenvalue weighted by molar-refractivity contribution is 0.939. The Hall–Kier alpha value is -1.69. The number of nitrogens with two attached hydrogens (primary N) is 1. The quantitative estimate of drug-likeness (QED) is 0.447. The number of nitrogens with one attached hydrogen (secondary N) is 1. The Labute approximate surface area is 68.4 Å². The molecule has 0 aliphatic rings. The number of hydrazine groups is 1. The van der Waals surface area contributed by atoms with Gasteiger partial charge in [-0.25, -0.2) is 10.8 Å². The summed E-state index contributed by atoms with van der Waals surface area (Å²) in [6, 6.07) is 0. The minimum atomic E-state index is 0.480. The van der Waals surface area contributed by atoms with Crippen LogP contribution in [0.4, 0.5) is 5.95 Å². The van der Waals surface area contributed by atoms with Crippen molar-refractivity contribution in [1.82, 2.24) is 19.6 Å². The fourth-order valence-electron chi connectivity index (χ4n) is 1.06. The second kappa shape index (κ2) is 2.42. The number of imidazole rings is 1. The van der Waals surface area contributed by atoms with Gasteiger partial charge in [-0.05, 0) is 6.92 Å². The Balaban J connectivity index is 2.81. The predicted molar refractivity (Wildman–Crippen MR) is 43.3 cm³/mol. The zero-order valence-corrected chi connectivity index (χ0v) is 6.52. The van der Waals surface area contributed by atoms with Gasteiger partial charge >= 0.3 is 0 Å². The standard InChI is InChI=1S/C6H8N6/c1-4-5-2-9-11-6(10-7)12(5)3-8-4/h2-3H,7H2,1H3,(H,10,11). The van der Waals surface area contributed by atoms with Gasteiger partial charge in [0.25, 0.3) is 0 Å². The van der Waals surface area contributed by atoms with Crippen molar-refractivity contribution in [1.29, 1.82) is 0 Å². The van der Waals surface area contributed by atoms with Crippen molar-refractivity contribution >= 4 is 11.5 Å².